The molecule has 0 radical (unpaired) electrons. The molecule has 0 spiro atoms. The number of benzene rings is 5. The average molecular weight is 1230 g/mol. The molecule has 0 bridgehead atoms. The van der Waals surface area contributed by atoms with Crippen molar-refractivity contribution in [3.63, 3.8) is 0 Å². The van der Waals surface area contributed by atoms with Gasteiger partial charge in [-0.05, 0) is 78.3 Å². The van der Waals surface area contributed by atoms with Crippen LogP contribution in [-0.2, 0) is 33.4 Å². The molecular formula is C66H72N11O11P. The third kappa shape index (κ3) is 13.8. The molecule has 6 heterocycles. The van der Waals surface area contributed by atoms with Gasteiger partial charge in [-0.25, -0.2) is 29.9 Å². The number of aromatic nitrogens is 8. The molecule has 5 N–H and O–H groups in total. The number of methoxy groups -OCH3 is 1. The maximum absolute atomic E-state index is 13.5. The van der Waals surface area contributed by atoms with E-state index in [1.165, 1.54) is 12.7 Å². The van der Waals surface area contributed by atoms with Gasteiger partial charge in [-0.1, -0.05) is 136 Å². The van der Waals surface area contributed by atoms with Crippen LogP contribution in [0.25, 0.3) is 22.3 Å². The Kier molecular flexibility index (Phi) is 21.1. The summed E-state index contributed by atoms with van der Waals surface area (Å²) < 4.78 is 51.7. The van der Waals surface area contributed by atoms with Crippen LogP contribution in [0.4, 0.5) is 11.6 Å². The van der Waals surface area contributed by atoms with Crippen LogP contribution in [0.15, 0.2) is 177 Å². The molecule has 462 valence electrons. The minimum Gasteiger partial charge on any atom is -0.497 e. The van der Waals surface area contributed by atoms with Gasteiger partial charge < -0.3 is 53.7 Å². The minimum absolute atomic E-state index is 0. The zero-order valence-corrected chi connectivity index (χ0v) is 49.9. The van der Waals surface area contributed by atoms with Crippen LogP contribution in [0.2, 0.25) is 0 Å². The zero-order valence-electron chi connectivity index (χ0n) is 49.0. The van der Waals surface area contributed by atoms with Gasteiger partial charge in [-0.3, -0.25) is 18.7 Å². The number of aliphatic hydroxyl groups excluding tert-OH is 1. The summed E-state index contributed by atoms with van der Waals surface area (Å²) in [5, 5.41) is 27.3. The number of carbonyl (C=O) groups is 2. The molecule has 10 unspecified atom stereocenters. The monoisotopic (exact) mass is 1230 g/mol. The maximum Gasteiger partial charge on any atom is 0.333 e. The summed E-state index contributed by atoms with van der Waals surface area (Å²) >= 11 is 0. The Labute approximate surface area is 517 Å². The van der Waals surface area contributed by atoms with E-state index in [0.717, 1.165) is 22.3 Å². The zero-order chi connectivity index (χ0) is 60.5. The third-order valence-corrected chi connectivity index (χ3v) is 17.5. The summed E-state index contributed by atoms with van der Waals surface area (Å²) in [7, 11) is -0.848. The second-order valence-electron chi connectivity index (χ2n) is 21.6. The first-order valence-electron chi connectivity index (χ1n) is 28.6. The Hall–Kier alpha value is -8.72. The highest BCUT2D eigenvalue weighted by Gasteiger charge is 2.48. The first kappa shape index (κ1) is 64.7. The number of aryl methyl sites for hydroxylation is 1. The number of amides is 2. The maximum atomic E-state index is 13.5. The highest BCUT2D eigenvalue weighted by molar-refractivity contribution is 7.41. The first-order valence-corrected chi connectivity index (χ1v) is 29.7. The molecule has 2 aliphatic heterocycles. The molecule has 2 aliphatic rings. The molecular weight excluding hydrogens is 1150 g/mol. The molecule has 23 heteroatoms. The van der Waals surface area contributed by atoms with Crippen molar-refractivity contribution in [1.82, 2.24) is 39.0 Å². The molecule has 2 fully saturated rings. The molecule has 10 atom stereocenters. The van der Waals surface area contributed by atoms with Gasteiger partial charge >= 0.3 is 8.60 Å². The van der Waals surface area contributed by atoms with E-state index in [-0.39, 0.29) is 62.2 Å². The summed E-state index contributed by atoms with van der Waals surface area (Å²) in [6.45, 7) is 9.65. The Bertz CT molecular complexity index is 3860. The number of nitriles is 1. The number of carbonyl (C=O) groups excluding carboxylic acids is 2. The van der Waals surface area contributed by atoms with E-state index in [9.17, 15) is 20.0 Å². The Morgan fingerprint density at radius 3 is 1.71 bits per heavy atom. The Morgan fingerprint density at radius 1 is 0.742 bits per heavy atom. The van der Waals surface area contributed by atoms with Gasteiger partial charge in [-0.15, -0.1) is 6.58 Å². The van der Waals surface area contributed by atoms with Crippen molar-refractivity contribution in [2.45, 2.75) is 109 Å². The van der Waals surface area contributed by atoms with Crippen LogP contribution in [0, 0.1) is 23.7 Å². The SMILES string of the molecule is C.C=CCC(C)(CC)C(CC#N)OP(OC1CC(n2cnc3c(NC(=O)c4ccccc4)ncnc32)OC1CO)OC1CC(n2cnc3c(NC(=O)c4ccccc4)ncnc32)OC1COC(c1ccccc1)(c1ccc(C)cc1)c1ccc(OC)cc1.O. The molecule has 2 amide bonds. The van der Waals surface area contributed by atoms with Crippen LogP contribution >= 0.6 is 8.60 Å². The molecule has 89 heavy (non-hydrogen) atoms. The summed E-state index contributed by atoms with van der Waals surface area (Å²) in [5.41, 5.74) is 4.04. The Morgan fingerprint density at radius 2 is 1.22 bits per heavy atom. The molecule has 2 saturated heterocycles. The summed E-state index contributed by atoms with van der Waals surface area (Å²) in [4.78, 5) is 54.1. The van der Waals surface area contributed by atoms with E-state index in [0.29, 0.717) is 52.0 Å². The predicted octanol–water partition coefficient (Wildman–Crippen LogP) is 11.2. The lowest BCUT2D eigenvalue weighted by atomic mass is 9.77. The van der Waals surface area contributed by atoms with Gasteiger partial charge in [-0.2, -0.15) is 5.26 Å². The van der Waals surface area contributed by atoms with Crippen molar-refractivity contribution in [3.05, 3.63) is 211 Å². The molecule has 5 aromatic carbocycles. The highest BCUT2D eigenvalue weighted by atomic mass is 31.2. The van der Waals surface area contributed by atoms with E-state index in [1.54, 1.807) is 77.4 Å². The number of ether oxygens (including phenoxy) is 4. The van der Waals surface area contributed by atoms with Crippen molar-refractivity contribution in [2.24, 2.45) is 5.41 Å². The molecule has 9 aromatic rings. The van der Waals surface area contributed by atoms with Crippen molar-refractivity contribution in [3.8, 4) is 11.8 Å². The van der Waals surface area contributed by atoms with Gasteiger partial charge in [0.25, 0.3) is 11.8 Å². The van der Waals surface area contributed by atoms with Crippen molar-refractivity contribution in [2.75, 3.05) is 31.0 Å². The molecule has 22 nitrogen and oxygen atoms in total. The number of aliphatic hydroxyl groups is 1. The lowest BCUT2D eigenvalue weighted by molar-refractivity contribution is -0.0944. The number of nitrogens with zero attached hydrogens (tertiary/aromatic N) is 9. The number of hydrogen-bond donors (Lipinski definition) is 3. The highest BCUT2D eigenvalue weighted by Crippen LogP contribution is 2.54. The molecule has 0 aliphatic carbocycles. The van der Waals surface area contributed by atoms with Gasteiger partial charge in [0, 0.05) is 24.0 Å². The fourth-order valence-electron chi connectivity index (χ4n) is 11.1. The van der Waals surface area contributed by atoms with Crippen LogP contribution in [0.1, 0.15) is 109 Å². The number of fused-ring (bicyclic) bond motifs is 2. The lowest BCUT2D eigenvalue weighted by Gasteiger charge is -2.38. The summed E-state index contributed by atoms with van der Waals surface area (Å²) in [5.74, 6) is 0.337. The quantitative estimate of drug-likeness (QED) is 0.0272. The van der Waals surface area contributed by atoms with Crippen LogP contribution in [0.5, 0.6) is 5.75 Å². The van der Waals surface area contributed by atoms with Crippen LogP contribution in [-0.4, -0.2) is 112 Å². The molecule has 4 aromatic heterocycles. The summed E-state index contributed by atoms with van der Waals surface area (Å²) in [6, 6.07) is 45.9. The second-order valence-corrected chi connectivity index (χ2v) is 22.6. The van der Waals surface area contributed by atoms with Gasteiger partial charge in [0.05, 0.1) is 63.8 Å². The fraction of sp³-hybridized carbons (Fsp3) is 0.318. The van der Waals surface area contributed by atoms with E-state index < -0.39 is 69.2 Å². The van der Waals surface area contributed by atoms with Gasteiger partial charge in [0.1, 0.15) is 48.7 Å². The van der Waals surface area contributed by atoms with Crippen LogP contribution in [0.3, 0.4) is 0 Å². The van der Waals surface area contributed by atoms with E-state index in [2.05, 4.69) is 72.5 Å². The topological polar surface area (TPSA) is 286 Å². The first-order chi connectivity index (χ1) is 42.4. The van der Waals surface area contributed by atoms with E-state index in [1.807, 2.05) is 93.6 Å². The normalized spacial score (nSPS) is 20.0. The van der Waals surface area contributed by atoms with Gasteiger partial charge in [0.2, 0.25) is 0 Å². The molecule has 0 saturated carbocycles. The molecule has 11 rings (SSSR count). The minimum atomic E-state index is -2.47. The van der Waals surface area contributed by atoms with Crippen molar-refractivity contribution >= 4 is 54.4 Å². The lowest BCUT2D eigenvalue weighted by Crippen LogP contribution is -2.39. The summed E-state index contributed by atoms with van der Waals surface area (Å²) in [6.07, 6.45) is 3.29. The standard InChI is InChI=1S/C65H66N11O10P.CH4.H2O/c1-6-32-64(4,7-2)53(31-33-66)86-87(84-49-34-54(82-51(49)36-77)75-40-71-56-58(67-38-69-60(56)75)73-62(78)43-17-11-8-12-18-43)85-50-35-55(76-41-72-57-59(68-39-70-61(57)76)74-63(79)44-19-13-9-14-20-44)83-52(50)37-81-65(45-21-15-10-16-22-45,46-25-23-42(3)24-26-46)47-27-29-48(80-5)30-28-47;;/h6,8-30,38-41,49-55,77H,1,7,31-32,34-37H2,2-5H3,(H,67,69,73,78)(H,68,70,74,79);1H4;1H2. The predicted molar refractivity (Wildman–Crippen MR) is 335 cm³/mol. The Balaban J connectivity index is 0.00000470. The largest absolute Gasteiger partial charge is 0.497 e. The van der Waals surface area contributed by atoms with Gasteiger partial charge in [0.15, 0.2) is 34.0 Å². The second kappa shape index (κ2) is 29.1. The average Bonchev–Trinajstić information content (AvgIpc) is 1.42. The number of rotatable bonds is 25. The van der Waals surface area contributed by atoms with E-state index in [4.69, 9.17) is 37.5 Å². The van der Waals surface area contributed by atoms with Crippen molar-refractivity contribution < 1.29 is 52.7 Å². The number of nitrogens with one attached hydrogen (secondary N) is 2. The number of allylic oxidation sites excluding steroid dienone is 1. The number of hydrogen-bond acceptors (Lipinski definition) is 17. The fourth-order valence-corrected chi connectivity index (χ4v) is 12.7. The third-order valence-electron chi connectivity index (χ3n) is 16.1. The van der Waals surface area contributed by atoms with E-state index >= 15 is 0 Å². The smallest absolute Gasteiger partial charge is 0.333 e. The van der Waals surface area contributed by atoms with Crippen LogP contribution < -0.4 is 15.4 Å². The number of imidazole rings is 2. The van der Waals surface area contributed by atoms with Crippen molar-refractivity contribution in [1.29, 1.82) is 5.26 Å². The number of anilines is 2.